The summed E-state index contributed by atoms with van der Waals surface area (Å²) in [6, 6.07) is 67.2. The van der Waals surface area contributed by atoms with Crippen molar-refractivity contribution in [1.29, 1.82) is 0 Å². The van der Waals surface area contributed by atoms with Gasteiger partial charge in [0.15, 0.2) is 0 Å². The molecule has 0 aliphatic heterocycles. The first-order valence-corrected chi connectivity index (χ1v) is 20.1. The molecule has 0 amide bonds. The van der Waals surface area contributed by atoms with Gasteiger partial charge in [0, 0.05) is 34.1 Å². The first-order chi connectivity index (χ1) is 27.9. The summed E-state index contributed by atoms with van der Waals surface area (Å²) in [5.74, 6) is 1.94. The van der Waals surface area contributed by atoms with E-state index >= 15 is 0 Å². The summed E-state index contributed by atoms with van der Waals surface area (Å²) in [5.41, 5.74) is 9.38. The molecule has 0 bridgehead atoms. The van der Waals surface area contributed by atoms with Crippen LogP contribution in [0.25, 0.3) is 11.1 Å². The lowest BCUT2D eigenvalue weighted by Crippen LogP contribution is -2.10. The lowest BCUT2D eigenvalue weighted by molar-refractivity contribution is 0.415. The zero-order valence-corrected chi connectivity index (χ0v) is 32.4. The van der Waals surface area contributed by atoms with Crippen molar-refractivity contribution < 1.29 is 17.9 Å². The van der Waals surface area contributed by atoms with E-state index in [1.165, 1.54) is 0 Å². The van der Waals surface area contributed by atoms with Gasteiger partial charge in [-0.25, -0.2) is 8.42 Å². The number of hydrogen-bond acceptors (Lipinski definition) is 6. The number of hydrogen-bond donors (Lipinski definition) is 0. The van der Waals surface area contributed by atoms with E-state index in [9.17, 15) is 8.42 Å². The van der Waals surface area contributed by atoms with Crippen LogP contribution in [0.5, 0.6) is 17.2 Å². The highest BCUT2D eigenvalue weighted by Gasteiger charge is 2.18. The van der Waals surface area contributed by atoms with Crippen molar-refractivity contribution in [2.75, 3.05) is 16.9 Å². The summed E-state index contributed by atoms with van der Waals surface area (Å²) in [6.45, 7) is 1.93. The Morgan fingerprint density at radius 2 is 0.684 bits per heavy atom. The Bertz CT molecular complexity index is 2610. The highest BCUT2D eigenvalue weighted by molar-refractivity contribution is 7.91. The van der Waals surface area contributed by atoms with Crippen LogP contribution in [0.1, 0.15) is 5.56 Å². The van der Waals surface area contributed by atoms with Crippen LogP contribution in [0.4, 0.5) is 34.1 Å². The number of sulfone groups is 1. The number of aryl methyl sites for hydroxylation is 1. The van der Waals surface area contributed by atoms with Crippen LogP contribution in [0, 0.1) is 6.92 Å². The van der Waals surface area contributed by atoms with Crippen LogP contribution < -0.4 is 19.3 Å². The molecule has 57 heavy (non-hydrogen) atoms. The highest BCUT2D eigenvalue weighted by Crippen LogP contribution is 2.39. The van der Waals surface area contributed by atoms with E-state index in [0.717, 1.165) is 56.6 Å². The lowest BCUT2D eigenvalue weighted by atomic mass is 10.0. The van der Waals surface area contributed by atoms with E-state index in [-0.39, 0.29) is 9.79 Å². The first-order valence-electron chi connectivity index (χ1n) is 18.6. The van der Waals surface area contributed by atoms with Crippen LogP contribution >= 0.6 is 0 Å². The molecular weight excluding hydrogens is 725 g/mol. The molecule has 0 atom stereocenters. The molecule has 0 saturated heterocycles. The number of anilines is 6. The topological polar surface area (TPSA) is 59.1 Å². The molecule has 8 rings (SSSR count). The normalized spacial score (nSPS) is 11.1. The molecule has 0 aliphatic carbocycles. The van der Waals surface area contributed by atoms with Gasteiger partial charge in [0.2, 0.25) is 9.84 Å². The molecule has 280 valence electrons. The summed E-state index contributed by atoms with van der Waals surface area (Å²) in [6.07, 6.45) is 0. The van der Waals surface area contributed by atoms with Gasteiger partial charge in [-0.2, -0.15) is 0 Å². The standard InChI is InChI=1S/C50H40N2O4S/c1-37-13-33-49(34-14-37)57(53,54)50-35-31-48(32-36-50)56-47-29-25-45(26-30-47)52(44-23-27-46(55-2)28-24-44)43-21-17-39(18-22-43)38-15-19-42(20-16-38)51(40-9-5-3-6-10-40)41-11-7-4-8-12-41/h3-36H,1-2H3. The Hall–Kier alpha value is -7.09. The minimum atomic E-state index is -3.63. The molecule has 7 heteroatoms. The third-order valence-electron chi connectivity index (χ3n) is 9.74. The number of nitrogens with zero attached hydrogens (tertiary/aromatic N) is 2. The van der Waals surface area contributed by atoms with Gasteiger partial charge < -0.3 is 19.3 Å². The smallest absolute Gasteiger partial charge is 0.206 e. The second-order valence-electron chi connectivity index (χ2n) is 13.5. The zero-order valence-electron chi connectivity index (χ0n) is 31.6. The number of benzene rings is 8. The van der Waals surface area contributed by atoms with Gasteiger partial charge in [0.05, 0.1) is 16.9 Å². The molecule has 6 nitrogen and oxygen atoms in total. The molecular formula is C50H40N2O4S. The fraction of sp³-hybridized carbons (Fsp3) is 0.0400. The largest absolute Gasteiger partial charge is 0.497 e. The molecule has 0 aliphatic rings. The third-order valence-corrected chi connectivity index (χ3v) is 11.5. The van der Waals surface area contributed by atoms with Gasteiger partial charge in [-0.1, -0.05) is 78.4 Å². The fourth-order valence-corrected chi connectivity index (χ4v) is 7.99. The van der Waals surface area contributed by atoms with Crippen molar-refractivity contribution in [3.05, 3.63) is 212 Å². The molecule has 0 radical (unpaired) electrons. The van der Waals surface area contributed by atoms with Crippen LogP contribution in [0.2, 0.25) is 0 Å². The highest BCUT2D eigenvalue weighted by atomic mass is 32.2. The Morgan fingerprint density at radius 3 is 1.07 bits per heavy atom. The summed E-state index contributed by atoms with van der Waals surface area (Å²) in [7, 11) is -1.97. The molecule has 0 unspecified atom stereocenters. The maximum atomic E-state index is 13.1. The van der Waals surface area contributed by atoms with Crippen LogP contribution in [-0.4, -0.2) is 15.5 Å². The molecule has 0 saturated carbocycles. The first kappa shape index (κ1) is 36.9. The SMILES string of the molecule is COc1ccc(N(c2ccc(Oc3ccc(S(=O)(=O)c4ccc(C)cc4)cc3)cc2)c2ccc(-c3ccc(N(c4ccccc4)c4ccccc4)cc3)cc2)cc1. The average Bonchev–Trinajstić information content (AvgIpc) is 3.26. The monoisotopic (exact) mass is 764 g/mol. The van der Waals surface area contributed by atoms with Crippen molar-refractivity contribution in [2.24, 2.45) is 0 Å². The van der Waals surface area contributed by atoms with Crippen LogP contribution in [-0.2, 0) is 9.84 Å². The maximum absolute atomic E-state index is 13.1. The van der Waals surface area contributed by atoms with Gasteiger partial charge in [-0.15, -0.1) is 0 Å². The second kappa shape index (κ2) is 16.3. The van der Waals surface area contributed by atoms with E-state index in [1.807, 2.05) is 67.6 Å². The van der Waals surface area contributed by atoms with Crippen molar-refractivity contribution in [1.82, 2.24) is 0 Å². The second-order valence-corrected chi connectivity index (χ2v) is 15.5. The average molecular weight is 765 g/mol. The van der Waals surface area contributed by atoms with E-state index in [2.05, 4.69) is 107 Å². The zero-order chi connectivity index (χ0) is 39.2. The van der Waals surface area contributed by atoms with Gasteiger partial charge in [-0.3, -0.25) is 0 Å². The Morgan fingerprint density at radius 1 is 0.368 bits per heavy atom. The van der Waals surface area contributed by atoms with Gasteiger partial charge >= 0.3 is 0 Å². The maximum Gasteiger partial charge on any atom is 0.206 e. The molecule has 0 fully saturated rings. The van der Waals surface area contributed by atoms with Crippen molar-refractivity contribution in [3.8, 4) is 28.4 Å². The molecule has 0 aromatic heterocycles. The van der Waals surface area contributed by atoms with Crippen molar-refractivity contribution >= 4 is 44.0 Å². The summed E-state index contributed by atoms with van der Waals surface area (Å²) < 4.78 is 37.9. The molecule has 0 N–H and O–H groups in total. The summed E-state index contributed by atoms with van der Waals surface area (Å²) in [4.78, 5) is 4.91. The van der Waals surface area contributed by atoms with Gasteiger partial charge in [0.25, 0.3) is 0 Å². The van der Waals surface area contributed by atoms with Crippen molar-refractivity contribution in [3.63, 3.8) is 0 Å². The Labute approximate surface area is 334 Å². The van der Waals surface area contributed by atoms with E-state index in [1.54, 1.807) is 55.6 Å². The number of ether oxygens (including phenoxy) is 2. The lowest BCUT2D eigenvalue weighted by Gasteiger charge is -2.26. The number of rotatable bonds is 12. The van der Waals surface area contributed by atoms with Gasteiger partial charge in [0.1, 0.15) is 17.2 Å². The molecule has 0 spiro atoms. The molecule has 8 aromatic carbocycles. The van der Waals surface area contributed by atoms with Crippen LogP contribution in [0.3, 0.4) is 0 Å². The minimum Gasteiger partial charge on any atom is -0.497 e. The predicted octanol–water partition coefficient (Wildman–Crippen LogP) is 13.2. The number of para-hydroxylation sites is 2. The predicted molar refractivity (Wildman–Crippen MR) is 231 cm³/mol. The summed E-state index contributed by atoms with van der Waals surface area (Å²) >= 11 is 0. The quantitative estimate of drug-likeness (QED) is 0.123. The van der Waals surface area contributed by atoms with Crippen LogP contribution in [0.15, 0.2) is 216 Å². The third kappa shape index (κ3) is 8.15. The molecule has 8 aromatic rings. The van der Waals surface area contributed by atoms with E-state index in [0.29, 0.717) is 11.5 Å². The van der Waals surface area contributed by atoms with E-state index < -0.39 is 9.84 Å². The molecule has 0 heterocycles. The fourth-order valence-electron chi connectivity index (χ4n) is 6.73. The van der Waals surface area contributed by atoms with Gasteiger partial charge in [-0.05, 0) is 152 Å². The van der Waals surface area contributed by atoms with Crippen molar-refractivity contribution in [2.45, 2.75) is 16.7 Å². The van der Waals surface area contributed by atoms with E-state index in [4.69, 9.17) is 9.47 Å². The summed E-state index contributed by atoms with van der Waals surface area (Å²) in [5, 5.41) is 0. The Kier molecular flexibility index (Phi) is 10.6. The minimum absolute atomic E-state index is 0.213. The Balaban J connectivity index is 1.03. The number of methoxy groups -OCH3 is 1.